The number of aliphatic hydroxyl groups excluding tert-OH is 4. The molecule has 0 saturated carbocycles. The van der Waals surface area contributed by atoms with E-state index in [1.165, 1.54) is 4.68 Å². The van der Waals surface area contributed by atoms with Crippen LogP contribution in [-0.2, 0) is 4.74 Å². The number of benzene rings is 2. The second-order valence-corrected chi connectivity index (χ2v) is 6.66. The summed E-state index contributed by atoms with van der Waals surface area (Å²) in [7, 11) is 0. The van der Waals surface area contributed by atoms with Crippen molar-refractivity contribution in [2.24, 2.45) is 0 Å². The molecule has 0 spiro atoms. The number of aliphatic hydroxyl groups is 4. The third-order valence-electron chi connectivity index (χ3n) is 4.81. The molecule has 0 bridgehead atoms. The molecule has 8 heteroatoms. The Balaban J connectivity index is 1.82. The van der Waals surface area contributed by atoms with Crippen molar-refractivity contribution < 1.29 is 25.2 Å². The Bertz CT molecular complexity index is 916. The molecule has 0 radical (unpaired) electrons. The summed E-state index contributed by atoms with van der Waals surface area (Å²) in [6.45, 7) is -0.507. The van der Waals surface area contributed by atoms with Gasteiger partial charge in [0.05, 0.1) is 12.3 Å². The molecule has 0 unspecified atom stereocenters. The largest absolute Gasteiger partial charge is 0.394 e. The van der Waals surface area contributed by atoms with E-state index in [-0.39, 0.29) is 5.82 Å². The molecule has 1 saturated heterocycles. The minimum atomic E-state index is -1.49. The SMILES string of the molecule is OC[C@H]1O[C@@H](c2nc(-c3ccccc3)nn2-c2ccccc2)[C@H](O)[C@@H](O)[C@@H]1O. The van der Waals surface area contributed by atoms with Gasteiger partial charge in [0, 0.05) is 5.56 Å². The molecule has 1 aliphatic rings. The number of nitrogens with zero attached hydrogens (tertiary/aromatic N) is 3. The van der Waals surface area contributed by atoms with Gasteiger partial charge in [0.15, 0.2) is 11.6 Å². The molecular formula is C20H21N3O5. The highest BCUT2D eigenvalue weighted by Gasteiger charge is 2.46. The van der Waals surface area contributed by atoms with Crippen molar-refractivity contribution in [3.63, 3.8) is 0 Å². The molecule has 146 valence electrons. The smallest absolute Gasteiger partial charge is 0.181 e. The number of para-hydroxylation sites is 1. The first-order chi connectivity index (χ1) is 13.6. The Labute approximate surface area is 161 Å². The normalized spacial score (nSPS) is 27.6. The van der Waals surface area contributed by atoms with Gasteiger partial charge in [0.25, 0.3) is 0 Å². The second-order valence-electron chi connectivity index (χ2n) is 6.66. The van der Waals surface area contributed by atoms with Crippen LogP contribution in [0.3, 0.4) is 0 Å². The number of aromatic nitrogens is 3. The highest BCUT2D eigenvalue weighted by Crippen LogP contribution is 2.33. The molecule has 5 atom stereocenters. The zero-order valence-corrected chi connectivity index (χ0v) is 14.9. The molecule has 1 aliphatic heterocycles. The fraction of sp³-hybridized carbons (Fsp3) is 0.300. The molecule has 1 aromatic heterocycles. The van der Waals surface area contributed by atoms with Gasteiger partial charge >= 0.3 is 0 Å². The van der Waals surface area contributed by atoms with E-state index < -0.39 is 37.1 Å². The van der Waals surface area contributed by atoms with Gasteiger partial charge in [-0.1, -0.05) is 48.5 Å². The topological polar surface area (TPSA) is 121 Å². The highest BCUT2D eigenvalue weighted by atomic mass is 16.5. The second kappa shape index (κ2) is 7.78. The molecule has 4 N–H and O–H groups in total. The van der Waals surface area contributed by atoms with Crippen LogP contribution in [-0.4, -0.2) is 66.2 Å². The predicted molar refractivity (Wildman–Crippen MR) is 99.5 cm³/mol. The minimum absolute atomic E-state index is 0.266. The lowest BCUT2D eigenvalue weighted by Gasteiger charge is -2.39. The lowest BCUT2D eigenvalue weighted by atomic mass is 9.94. The van der Waals surface area contributed by atoms with Crippen LogP contribution < -0.4 is 0 Å². The summed E-state index contributed by atoms with van der Waals surface area (Å²) in [5.41, 5.74) is 1.48. The third kappa shape index (κ3) is 3.32. The molecule has 4 rings (SSSR count). The Morgan fingerprint density at radius 3 is 2.14 bits per heavy atom. The lowest BCUT2D eigenvalue weighted by Crippen LogP contribution is -2.55. The van der Waals surface area contributed by atoms with Crippen LogP contribution in [0.4, 0.5) is 0 Å². The first-order valence-corrected chi connectivity index (χ1v) is 8.98. The zero-order chi connectivity index (χ0) is 19.7. The van der Waals surface area contributed by atoms with Gasteiger partial charge in [-0.25, -0.2) is 9.67 Å². The van der Waals surface area contributed by atoms with E-state index in [0.29, 0.717) is 11.5 Å². The van der Waals surface area contributed by atoms with Crippen LogP contribution in [0, 0.1) is 0 Å². The van der Waals surface area contributed by atoms with Gasteiger partial charge in [-0.3, -0.25) is 0 Å². The van der Waals surface area contributed by atoms with E-state index in [2.05, 4.69) is 10.1 Å². The maximum Gasteiger partial charge on any atom is 0.181 e. The van der Waals surface area contributed by atoms with Crippen LogP contribution in [0.5, 0.6) is 0 Å². The van der Waals surface area contributed by atoms with Crippen molar-refractivity contribution in [1.82, 2.24) is 14.8 Å². The first-order valence-electron chi connectivity index (χ1n) is 8.98. The Kier molecular flexibility index (Phi) is 5.21. The van der Waals surface area contributed by atoms with Crippen molar-refractivity contribution in [3.05, 3.63) is 66.5 Å². The van der Waals surface area contributed by atoms with Crippen molar-refractivity contribution >= 4 is 0 Å². The molecule has 1 fully saturated rings. The van der Waals surface area contributed by atoms with Crippen molar-refractivity contribution in [2.75, 3.05) is 6.61 Å². The lowest BCUT2D eigenvalue weighted by molar-refractivity contribution is -0.233. The van der Waals surface area contributed by atoms with Gasteiger partial charge < -0.3 is 25.2 Å². The molecular weight excluding hydrogens is 362 g/mol. The van der Waals surface area contributed by atoms with Crippen LogP contribution in [0.25, 0.3) is 17.1 Å². The molecule has 28 heavy (non-hydrogen) atoms. The van der Waals surface area contributed by atoms with Crippen LogP contribution in [0.1, 0.15) is 11.9 Å². The molecule has 2 aromatic carbocycles. The summed E-state index contributed by atoms with van der Waals surface area (Å²) in [6.07, 6.45) is -6.46. The third-order valence-corrected chi connectivity index (χ3v) is 4.81. The molecule has 2 heterocycles. The summed E-state index contributed by atoms with van der Waals surface area (Å²) < 4.78 is 7.23. The predicted octanol–water partition coefficient (Wildman–Crippen LogP) is 0.449. The number of rotatable bonds is 4. The fourth-order valence-corrected chi connectivity index (χ4v) is 3.29. The number of hydrogen-bond donors (Lipinski definition) is 4. The van der Waals surface area contributed by atoms with E-state index in [4.69, 9.17) is 4.74 Å². The minimum Gasteiger partial charge on any atom is -0.394 e. The molecule has 3 aromatic rings. The molecule has 8 nitrogen and oxygen atoms in total. The quantitative estimate of drug-likeness (QED) is 0.516. The summed E-state index contributed by atoms with van der Waals surface area (Å²) in [5, 5.41) is 44.8. The fourth-order valence-electron chi connectivity index (χ4n) is 3.29. The summed E-state index contributed by atoms with van der Waals surface area (Å²) in [4.78, 5) is 4.55. The van der Waals surface area contributed by atoms with Gasteiger partial charge in [-0.05, 0) is 12.1 Å². The maximum absolute atomic E-state index is 10.5. The van der Waals surface area contributed by atoms with Gasteiger partial charge in [0.1, 0.15) is 30.5 Å². The summed E-state index contributed by atoms with van der Waals surface area (Å²) in [6, 6.07) is 18.6. The summed E-state index contributed by atoms with van der Waals surface area (Å²) >= 11 is 0. The maximum atomic E-state index is 10.5. The number of ether oxygens (including phenoxy) is 1. The standard InChI is InChI=1S/C20H21N3O5/c24-11-14-15(25)16(26)17(27)18(28-14)20-21-19(12-7-3-1-4-8-12)22-23(20)13-9-5-2-6-10-13/h1-10,14-18,24-27H,11H2/t14-,15-,16+,17-,18-/m1/s1. The Morgan fingerprint density at radius 2 is 1.50 bits per heavy atom. The van der Waals surface area contributed by atoms with Gasteiger partial charge in [0.2, 0.25) is 0 Å². The van der Waals surface area contributed by atoms with Crippen LogP contribution >= 0.6 is 0 Å². The van der Waals surface area contributed by atoms with E-state index in [0.717, 1.165) is 5.56 Å². The van der Waals surface area contributed by atoms with Gasteiger partial charge in [-0.15, -0.1) is 5.10 Å². The monoisotopic (exact) mass is 383 g/mol. The average molecular weight is 383 g/mol. The first kappa shape index (κ1) is 18.7. The van der Waals surface area contributed by atoms with E-state index in [9.17, 15) is 20.4 Å². The van der Waals surface area contributed by atoms with Crippen LogP contribution in [0.2, 0.25) is 0 Å². The summed E-state index contributed by atoms with van der Waals surface area (Å²) in [5.74, 6) is 0.693. The van der Waals surface area contributed by atoms with Crippen LogP contribution in [0.15, 0.2) is 60.7 Å². The molecule has 0 aliphatic carbocycles. The average Bonchev–Trinajstić information content (AvgIpc) is 3.19. The Morgan fingerprint density at radius 1 is 0.857 bits per heavy atom. The van der Waals surface area contributed by atoms with Crippen molar-refractivity contribution in [2.45, 2.75) is 30.5 Å². The van der Waals surface area contributed by atoms with E-state index in [1.54, 1.807) is 0 Å². The molecule has 0 amide bonds. The van der Waals surface area contributed by atoms with Crippen molar-refractivity contribution in [3.8, 4) is 17.1 Å². The van der Waals surface area contributed by atoms with Crippen molar-refractivity contribution in [1.29, 1.82) is 0 Å². The van der Waals surface area contributed by atoms with Gasteiger partial charge in [-0.2, -0.15) is 0 Å². The Hall–Kier alpha value is -2.62. The zero-order valence-electron chi connectivity index (χ0n) is 14.9. The van der Waals surface area contributed by atoms with E-state index in [1.807, 2.05) is 60.7 Å². The highest BCUT2D eigenvalue weighted by molar-refractivity contribution is 5.55. The number of hydrogen-bond acceptors (Lipinski definition) is 7. The van der Waals surface area contributed by atoms with E-state index >= 15 is 0 Å².